The Morgan fingerprint density at radius 2 is 2.00 bits per heavy atom. The zero-order valence-electron chi connectivity index (χ0n) is 11.7. The first-order valence-corrected chi connectivity index (χ1v) is 6.72. The van der Waals surface area contributed by atoms with Crippen LogP contribution in [0.2, 0.25) is 5.02 Å². The molecule has 2 aromatic rings. The summed E-state index contributed by atoms with van der Waals surface area (Å²) >= 11 is 6.16. The maximum atomic E-state index is 14.1. The van der Waals surface area contributed by atoms with Crippen LogP contribution >= 0.6 is 11.6 Å². The van der Waals surface area contributed by atoms with Gasteiger partial charge in [0.15, 0.2) is 0 Å². The van der Waals surface area contributed by atoms with Gasteiger partial charge in [0, 0.05) is 10.6 Å². The summed E-state index contributed by atoms with van der Waals surface area (Å²) in [6.07, 6.45) is 0. The van der Waals surface area contributed by atoms with Crippen LogP contribution in [0.4, 0.5) is 4.39 Å². The summed E-state index contributed by atoms with van der Waals surface area (Å²) in [6.45, 7) is 1.97. The highest BCUT2D eigenvalue weighted by atomic mass is 35.5. The molecule has 0 amide bonds. The highest BCUT2D eigenvalue weighted by Gasteiger charge is 2.21. The lowest BCUT2D eigenvalue weighted by Crippen LogP contribution is -2.20. The van der Waals surface area contributed by atoms with Gasteiger partial charge in [0.05, 0.1) is 13.2 Å². The minimum Gasteiger partial charge on any atom is -0.497 e. The molecule has 1 N–H and O–H groups in total. The number of hydrogen-bond acceptors (Lipinski definition) is 2. The third-order valence-corrected chi connectivity index (χ3v) is 3.69. The molecular formula is C16H17ClFNO. The third-order valence-electron chi connectivity index (χ3n) is 3.37. The van der Waals surface area contributed by atoms with Gasteiger partial charge in [0.25, 0.3) is 0 Å². The Kier molecular flexibility index (Phi) is 4.63. The lowest BCUT2D eigenvalue weighted by molar-refractivity contribution is 0.414. The van der Waals surface area contributed by atoms with Crippen LogP contribution in [-0.4, -0.2) is 14.2 Å². The Bertz CT molecular complexity index is 595. The summed E-state index contributed by atoms with van der Waals surface area (Å²) in [6, 6.07) is 10.1. The van der Waals surface area contributed by atoms with Gasteiger partial charge in [-0.1, -0.05) is 23.7 Å². The van der Waals surface area contributed by atoms with Crippen LogP contribution in [0.15, 0.2) is 36.4 Å². The molecule has 0 saturated heterocycles. The van der Waals surface area contributed by atoms with Crippen molar-refractivity contribution in [2.45, 2.75) is 13.0 Å². The maximum absolute atomic E-state index is 14.1. The average Bonchev–Trinajstić information content (AvgIpc) is 2.43. The summed E-state index contributed by atoms with van der Waals surface area (Å²) in [4.78, 5) is 0. The topological polar surface area (TPSA) is 21.3 Å². The fourth-order valence-corrected chi connectivity index (χ4v) is 2.61. The van der Waals surface area contributed by atoms with Crippen molar-refractivity contribution in [2.75, 3.05) is 14.2 Å². The summed E-state index contributed by atoms with van der Waals surface area (Å²) < 4.78 is 19.3. The van der Waals surface area contributed by atoms with Gasteiger partial charge in [0.1, 0.15) is 11.6 Å². The molecule has 0 fully saturated rings. The van der Waals surface area contributed by atoms with Crippen molar-refractivity contribution in [2.24, 2.45) is 0 Å². The molecule has 2 rings (SSSR count). The van der Waals surface area contributed by atoms with Gasteiger partial charge in [-0.05, 0) is 49.4 Å². The van der Waals surface area contributed by atoms with Crippen molar-refractivity contribution in [3.8, 4) is 5.75 Å². The van der Waals surface area contributed by atoms with E-state index in [1.807, 2.05) is 25.1 Å². The molecule has 106 valence electrons. The highest BCUT2D eigenvalue weighted by molar-refractivity contribution is 6.31. The van der Waals surface area contributed by atoms with Gasteiger partial charge in [-0.25, -0.2) is 4.39 Å². The highest BCUT2D eigenvalue weighted by Crippen LogP contribution is 2.33. The van der Waals surface area contributed by atoms with Crippen LogP contribution in [-0.2, 0) is 0 Å². The first kappa shape index (κ1) is 14.8. The van der Waals surface area contributed by atoms with Crippen LogP contribution in [0, 0.1) is 12.7 Å². The van der Waals surface area contributed by atoms with Crippen LogP contribution in [0.25, 0.3) is 0 Å². The van der Waals surface area contributed by atoms with Crippen molar-refractivity contribution < 1.29 is 9.13 Å². The SMILES string of the molecule is CNC(c1ccc(OC)cc1C)c1c(F)cccc1Cl. The number of hydrogen-bond donors (Lipinski definition) is 1. The molecule has 0 saturated carbocycles. The van der Waals surface area contributed by atoms with Gasteiger partial charge in [-0.2, -0.15) is 0 Å². The zero-order chi connectivity index (χ0) is 14.7. The summed E-state index contributed by atoms with van der Waals surface area (Å²) in [7, 11) is 3.41. The molecule has 0 bridgehead atoms. The van der Waals surface area contributed by atoms with Gasteiger partial charge >= 0.3 is 0 Å². The largest absolute Gasteiger partial charge is 0.497 e. The van der Waals surface area contributed by atoms with E-state index in [4.69, 9.17) is 16.3 Å². The second-order valence-electron chi connectivity index (χ2n) is 4.58. The Hall–Kier alpha value is -1.58. The Morgan fingerprint density at radius 3 is 2.55 bits per heavy atom. The molecule has 20 heavy (non-hydrogen) atoms. The summed E-state index contributed by atoms with van der Waals surface area (Å²) in [5.74, 6) is 0.466. The molecule has 0 spiro atoms. The van der Waals surface area contributed by atoms with E-state index in [0.29, 0.717) is 10.6 Å². The Labute approximate surface area is 123 Å². The number of methoxy groups -OCH3 is 1. The maximum Gasteiger partial charge on any atom is 0.129 e. The van der Waals surface area contributed by atoms with Crippen LogP contribution in [0.3, 0.4) is 0 Å². The lowest BCUT2D eigenvalue weighted by atomic mass is 9.94. The number of ether oxygens (including phenoxy) is 1. The van der Waals surface area contributed by atoms with E-state index in [1.54, 1.807) is 26.3 Å². The average molecular weight is 294 g/mol. The fourth-order valence-electron chi connectivity index (χ4n) is 2.34. The number of nitrogens with one attached hydrogen (secondary N) is 1. The van der Waals surface area contributed by atoms with Crippen LogP contribution < -0.4 is 10.1 Å². The van der Waals surface area contributed by atoms with Gasteiger partial charge in [-0.15, -0.1) is 0 Å². The standard InChI is InChI=1S/C16H17ClFNO/c1-10-9-11(20-3)7-8-12(10)16(19-2)15-13(17)5-4-6-14(15)18/h4-9,16,19H,1-3H3. The molecule has 1 unspecified atom stereocenters. The van der Waals surface area contributed by atoms with Crippen LogP contribution in [0.5, 0.6) is 5.75 Å². The van der Waals surface area contributed by atoms with Crippen LogP contribution in [0.1, 0.15) is 22.7 Å². The van der Waals surface area contributed by atoms with Crippen molar-refractivity contribution in [1.29, 1.82) is 0 Å². The molecule has 0 radical (unpaired) electrons. The molecule has 0 aromatic heterocycles. The molecule has 2 aromatic carbocycles. The van der Waals surface area contributed by atoms with E-state index < -0.39 is 0 Å². The van der Waals surface area contributed by atoms with E-state index in [0.717, 1.165) is 16.9 Å². The van der Waals surface area contributed by atoms with E-state index >= 15 is 0 Å². The Balaban J connectivity index is 2.53. The van der Waals surface area contributed by atoms with Crippen molar-refractivity contribution in [1.82, 2.24) is 5.32 Å². The number of benzene rings is 2. The van der Waals surface area contributed by atoms with Gasteiger partial charge in [-0.3, -0.25) is 0 Å². The van der Waals surface area contributed by atoms with E-state index in [2.05, 4.69) is 5.32 Å². The van der Waals surface area contributed by atoms with Crippen molar-refractivity contribution in [3.63, 3.8) is 0 Å². The molecule has 0 aliphatic carbocycles. The normalized spacial score (nSPS) is 12.2. The monoisotopic (exact) mass is 293 g/mol. The predicted octanol–water partition coefficient (Wildman–Crippen LogP) is 4.10. The Morgan fingerprint density at radius 1 is 1.25 bits per heavy atom. The molecule has 0 aliphatic rings. The first-order valence-electron chi connectivity index (χ1n) is 6.34. The molecule has 0 aliphatic heterocycles. The van der Waals surface area contributed by atoms with Crippen molar-refractivity contribution in [3.05, 3.63) is 63.9 Å². The predicted molar refractivity (Wildman–Crippen MR) is 80.0 cm³/mol. The summed E-state index contributed by atoms with van der Waals surface area (Å²) in [5, 5.41) is 3.55. The molecule has 2 nitrogen and oxygen atoms in total. The zero-order valence-corrected chi connectivity index (χ0v) is 12.5. The number of rotatable bonds is 4. The molecular weight excluding hydrogens is 277 g/mol. The second kappa shape index (κ2) is 6.25. The smallest absolute Gasteiger partial charge is 0.129 e. The third kappa shape index (κ3) is 2.79. The number of halogens is 2. The summed E-state index contributed by atoms with van der Waals surface area (Å²) in [5.41, 5.74) is 2.45. The quantitative estimate of drug-likeness (QED) is 0.916. The van der Waals surface area contributed by atoms with E-state index in [-0.39, 0.29) is 11.9 Å². The molecule has 4 heteroatoms. The molecule has 0 heterocycles. The van der Waals surface area contributed by atoms with Gasteiger partial charge < -0.3 is 10.1 Å². The fraction of sp³-hybridized carbons (Fsp3) is 0.250. The second-order valence-corrected chi connectivity index (χ2v) is 4.99. The minimum absolute atomic E-state index is 0.297. The van der Waals surface area contributed by atoms with E-state index in [9.17, 15) is 4.39 Å². The van der Waals surface area contributed by atoms with E-state index in [1.165, 1.54) is 6.07 Å². The lowest BCUT2D eigenvalue weighted by Gasteiger charge is -2.21. The number of aryl methyl sites for hydroxylation is 1. The molecule has 1 atom stereocenters. The van der Waals surface area contributed by atoms with Crippen molar-refractivity contribution >= 4 is 11.6 Å². The van der Waals surface area contributed by atoms with Gasteiger partial charge in [0.2, 0.25) is 0 Å². The first-order chi connectivity index (χ1) is 9.58. The minimum atomic E-state index is -0.313.